The van der Waals surface area contributed by atoms with E-state index in [1.54, 1.807) is 12.1 Å². The van der Waals surface area contributed by atoms with Crippen LogP contribution in [0.25, 0.3) is 11.1 Å². The van der Waals surface area contributed by atoms with Crippen LogP contribution in [0.3, 0.4) is 0 Å². The summed E-state index contributed by atoms with van der Waals surface area (Å²) >= 11 is 0. The van der Waals surface area contributed by atoms with Crippen molar-refractivity contribution in [3.63, 3.8) is 0 Å². The predicted molar refractivity (Wildman–Crippen MR) is 154 cm³/mol. The third-order valence-electron chi connectivity index (χ3n) is 8.30. The van der Waals surface area contributed by atoms with Crippen LogP contribution in [-0.2, 0) is 16.0 Å². The lowest BCUT2D eigenvalue weighted by Crippen LogP contribution is -2.53. The quantitative estimate of drug-likeness (QED) is 0.377. The van der Waals surface area contributed by atoms with Crippen molar-refractivity contribution in [1.29, 1.82) is 0 Å². The fraction of sp³-hybridized carbons (Fsp3) is 0.500. The van der Waals surface area contributed by atoms with Crippen LogP contribution < -0.4 is 10.6 Å². The summed E-state index contributed by atoms with van der Waals surface area (Å²) in [4.78, 5) is 47.0. The van der Waals surface area contributed by atoms with Crippen LogP contribution in [-0.4, -0.2) is 53.3 Å². The molecule has 1 saturated carbocycles. The summed E-state index contributed by atoms with van der Waals surface area (Å²) in [6.45, 7) is 1.80. The Labute approximate surface area is 235 Å². The molecule has 3 amide bonds. The van der Waals surface area contributed by atoms with Gasteiger partial charge in [0.15, 0.2) is 5.58 Å². The van der Waals surface area contributed by atoms with E-state index >= 15 is 0 Å². The van der Waals surface area contributed by atoms with Gasteiger partial charge in [0.2, 0.25) is 5.91 Å². The molecule has 0 spiro atoms. The first-order valence-electron chi connectivity index (χ1n) is 14.8. The summed E-state index contributed by atoms with van der Waals surface area (Å²) < 4.78 is 5.78. The normalized spacial score (nSPS) is 17.4. The van der Waals surface area contributed by atoms with Crippen molar-refractivity contribution in [3.8, 4) is 0 Å². The fourth-order valence-electron chi connectivity index (χ4n) is 6.02. The number of carbonyl (C=O) groups excluding carboxylic acids is 3. The molecule has 2 fully saturated rings. The van der Waals surface area contributed by atoms with Gasteiger partial charge in [-0.05, 0) is 68.8 Å². The smallest absolute Gasteiger partial charge is 0.316 e. The molecule has 0 radical (unpaired) electrons. The van der Waals surface area contributed by atoms with Crippen LogP contribution in [0.1, 0.15) is 74.0 Å². The number of para-hydroxylation sites is 2. The molecule has 2 aliphatic rings. The Morgan fingerprint density at radius 2 is 1.68 bits per heavy atom. The van der Waals surface area contributed by atoms with Gasteiger partial charge in [-0.15, -0.1) is 0 Å². The average Bonchev–Trinajstić information content (AvgIpc) is 3.44. The number of hydrogen-bond donors (Lipinski definition) is 2. The van der Waals surface area contributed by atoms with Gasteiger partial charge in [0, 0.05) is 12.5 Å². The third kappa shape index (κ3) is 7.16. The van der Waals surface area contributed by atoms with E-state index in [-0.39, 0.29) is 30.2 Å². The molecule has 0 bridgehead atoms. The molecule has 8 heteroatoms. The molecular weight excluding hydrogens is 504 g/mol. The number of piperidine rings is 1. The highest BCUT2D eigenvalue weighted by molar-refractivity contribution is 6.05. The first-order valence-corrected chi connectivity index (χ1v) is 14.8. The lowest BCUT2D eigenvalue weighted by Gasteiger charge is -2.31. The largest absolute Gasteiger partial charge is 0.432 e. The molecule has 1 aromatic heterocycles. The number of fused-ring (bicyclic) bond motifs is 1. The molecule has 1 aliphatic heterocycles. The molecular formula is C32H40N4O4. The molecule has 1 saturated heterocycles. The van der Waals surface area contributed by atoms with Gasteiger partial charge >= 0.3 is 5.91 Å². The first-order chi connectivity index (χ1) is 19.6. The highest BCUT2D eigenvalue weighted by atomic mass is 16.4. The number of hydrogen-bond acceptors (Lipinski definition) is 6. The average molecular weight is 545 g/mol. The third-order valence-corrected chi connectivity index (χ3v) is 8.30. The van der Waals surface area contributed by atoms with Gasteiger partial charge in [0.1, 0.15) is 11.6 Å². The number of amides is 3. The predicted octanol–water partition coefficient (Wildman–Crippen LogP) is 4.88. The second-order valence-corrected chi connectivity index (χ2v) is 11.2. The van der Waals surface area contributed by atoms with E-state index in [2.05, 4.69) is 15.6 Å². The molecule has 1 aliphatic carbocycles. The number of nitrogens with zero attached hydrogens (tertiary/aromatic N) is 2. The number of oxazole rings is 1. The summed E-state index contributed by atoms with van der Waals surface area (Å²) in [5, 5.41) is 6.39. The van der Waals surface area contributed by atoms with Crippen molar-refractivity contribution < 1.29 is 18.8 Å². The Morgan fingerprint density at radius 1 is 0.950 bits per heavy atom. The van der Waals surface area contributed by atoms with Gasteiger partial charge in [-0.25, -0.2) is 4.98 Å². The lowest BCUT2D eigenvalue weighted by molar-refractivity contribution is -0.136. The highest BCUT2D eigenvalue weighted by Crippen LogP contribution is 2.28. The Bertz CT molecular complexity index is 1250. The van der Waals surface area contributed by atoms with E-state index in [1.807, 2.05) is 42.5 Å². The summed E-state index contributed by atoms with van der Waals surface area (Å²) in [7, 11) is 0. The first kappa shape index (κ1) is 28.0. The zero-order valence-corrected chi connectivity index (χ0v) is 23.1. The van der Waals surface area contributed by atoms with E-state index < -0.39 is 11.9 Å². The Balaban J connectivity index is 1.38. The number of rotatable bonds is 10. The Hall–Kier alpha value is -3.52. The number of benzene rings is 2. The van der Waals surface area contributed by atoms with Crippen molar-refractivity contribution in [2.75, 3.05) is 19.6 Å². The summed E-state index contributed by atoms with van der Waals surface area (Å²) in [5.74, 6) is -0.888. The minimum Gasteiger partial charge on any atom is -0.432 e. The fourth-order valence-corrected chi connectivity index (χ4v) is 6.02. The van der Waals surface area contributed by atoms with Gasteiger partial charge in [-0.2, -0.15) is 0 Å². The second kappa shape index (κ2) is 13.7. The van der Waals surface area contributed by atoms with Crippen LogP contribution in [0.5, 0.6) is 0 Å². The number of aromatic nitrogens is 1. The zero-order valence-electron chi connectivity index (χ0n) is 23.1. The Kier molecular flexibility index (Phi) is 9.60. The van der Waals surface area contributed by atoms with Gasteiger partial charge in [-0.3, -0.25) is 19.3 Å². The van der Waals surface area contributed by atoms with Crippen LogP contribution in [0, 0.1) is 11.8 Å². The van der Waals surface area contributed by atoms with E-state index in [1.165, 1.54) is 11.3 Å². The summed E-state index contributed by atoms with van der Waals surface area (Å²) in [5.41, 5.74) is 2.21. The number of carbonyl (C=O) groups is 3. The van der Waals surface area contributed by atoms with E-state index in [0.29, 0.717) is 29.9 Å². The molecule has 8 nitrogen and oxygen atoms in total. The summed E-state index contributed by atoms with van der Waals surface area (Å²) in [6, 6.07) is 16.5. The Morgan fingerprint density at radius 3 is 2.42 bits per heavy atom. The number of aryl methyl sites for hydroxylation is 1. The standard InChI is InChI=1S/C32H40N4O4/c37-29(25-17-19-33-20-18-25)34-27(22-24-12-5-2-6-13-24)31(38)36(21-9-14-23-10-3-1-4-11-23)32(39)30-35-26-15-7-8-16-28(26)40-30/h1,3-4,7-8,10-11,15-16,24-25,27,33H,2,5-6,9,12-14,17-22H2,(H,34,37)/t27-/m0/s1. The van der Waals surface area contributed by atoms with Crippen LogP contribution in [0.15, 0.2) is 59.0 Å². The zero-order chi connectivity index (χ0) is 27.7. The molecule has 3 aromatic rings. The van der Waals surface area contributed by atoms with Crippen molar-refractivity contribution in [2.24, 2.45) is 11.8 Å². The molecule has 0 unspecified atom stereocenters. The molecule has 212 valence electrons. The monoisotopic (exact) mass is 544 g/mol. The molecule has 1 atom stereocenters. The molecule has 5 rings (SSSR count). The van der Waals surface area contributed by atoms with Crippen molar-refractivity contribution >= 4 is 28.8 Å². The SMILES string of the molecule is O=C(N[C@@H](CC1CCCCC1)C(=O)N(CCCc1ccccc1)C(=O)c1nc2ccccc2o1)C1CCNCC1. The van der Waals surface area contributed by atoms with Crippen LogP contribution >= 0.6 is 0 Å². The molecule has 40 heavy (non-hydrogen) atoms. The molecule has 2 heterocycles. The second-order valence-electron chi connectivity index (χ2n) is 11.2. The van der Waals surface area contributed by atoms with Crippen LogP contribution in [0.2, 0.25) is 0 Å². The minimum absolute atomic E-state index is 0.0887. The van der Waals surface area contributed by atoms with E-state index in [4.69, 9.17) is 4.42 Å². The lowest BCUT2D eigenvalue weighted by atomic mass is 9.84. The molecule has 2 aromatic carbocycles. The van der Waals surface area contributed by atoms with Crippen molar-refractivity contribution in [2.45, 2.75) is 70.3 Å². The van der Waals surface area contributed by atoms with Crippen molar-refractivity contribution in [1.82, 2.24) is 20.5 Å². The highest BCUT2D eigenvalue weighted by Gasteiger charge is 2.35. The van der Waals surface area contributed by atoms with Crippen molar-refractivity contribution in [3.05, 3.63) is 66.1 Å². The number of nitrogens with one attached hydrogen (secondary N) is 2. The van der Waals surface area contributed by atoms with E-state index in [0.717, 1.165) is 63.6 Å². The van der Waals surface area contributed by atoms with Gasteiger partial charge in [0.05, 0.1) is 0 Å². The van der Waals surface area contributed by atoms with Gasteiger partial charge in [-0.1, -0.05) is 74.6 Å². The van der Waals surface area contributed by atoms with Gasteiger partial charge in [0.25, 0.3) is 11.8 Å². The maximum atomic E-state index is 14.2. The molecule has 2 N–H and O–H groups in total. The maximum Gasteiger partial charge on any atom is 0.316 e. The minimum atomic E-state index is -0.754. The topological polar surface area (TPSA) is 105 Å². The summed E-state index contributed by atoms with van der Waals surface area (Å²) in [6.07, 6.45) is 8.93. The van der Waals surface area contributed by atoms with Crippen LogP contribution in [0.4, 0.5) is 0 Å². The maximum absolute atomic E-state index is 14.2. The number of imide groups is 1. The van der Waals surface area contributed by atoms with E-state index in [9.17, 15) is 14.4 Å². The van der Waals surface area contributed by atoms with Gasteiger partial charge < -0.3 is 15.1 Å².